The van der Waals surface area contributed by atoms with Gasteiger partial charge in [0.2, 0.25) is 0 Å². The van der Waals surface area contributed by atoms with Crippen molar-refractivity contribution in [3.8, 4) is 0 Å². The lowest BCUT2D eigenvalue weighted by Crippen LogP contribution is -2.40. The first kappa shape index (κ1) is 18.0. The standard InChI is InChI=1S/C21H21F3N2O/c22-18-7-6-17(19(23)20(18)24)21(27)26-9-3-8-25(10-11-26)16-12-14-4-1-2-5-15(14)13-16/h1-2,4-7,16H,3,8-13H2. The molecule has 0 N–H and O–H groups in total. The molecule has 3 nitrogen and oxygen atoms in total. The quantitative estimate of drug-likeness (QED) is 0.752. The Hall–Kier alpha value is -2.34. The summed E-state index contributed by atoms with van der Waals surface area (Å²) in [4.78, 5) is 16.5. The Balaban J connectivity index is 1.43. The van der Waals surface area contributed by atoms with Gasteiger partial charge in [-0.05, 0) is 42.5 Å². The van der Waals surface area contributed by atoms with Crippen LogP contribution in [-0.2, 0) is 12.8 Å². The summed E-state index contributed by atoms with van der Waals surface area (Å²) >= 11 is 0. The molecule has 1 fully saturated rings. The summed E-state index contributed by atoms with van der Waals surface area (Å²) in [6.07, 6.45) is 2.77. The second kappa shape index (κ2) is 7.35. The van der Waals surface area contributed by atoms with Crippen molar-refractivity contribution in [2.45, 2.75) is 25.3 Å². The number of nitrogens with zero attached hydrogens (tertiary/aromatic N) is 2. The lowest BCUT2D eigenvalue weighted by atomic mass is 10.1. The highest BCUT2D eigenvalue weighted by Gasteiger charge is 2.30. The van der Waals surface area contributed by atoms with E-state index >= 15 is 0 Å². The molecule has 142 valence electrons. The van der Waals surface area contributed by atoms with Gasteiger partial charge in [-0.3, -0.25) is 9.69 Å². The van der Waals surface area contributed by atoms with E-state index in [0.717, 1.165) is 37.9 Å². The summed E-state index contributed by atoms with van der Waals surface area (Å²) in [7, 11) is 0. The molecule has 27 heavy (non-hydrogen) atoms. The minimum Gasteiger partial charge on any atom is -0.337 e. The highest BCUT2D eigenvalue weighted by atomic mass is 19.2. The van der Waals surface area contributed by atoms with Crippen molar-refractivity contribution in [1.29, 1.82) is 0 Å². The van der Waals surface area contributed by atoms with Crippen LogP contribution in [0.1, 0.15) is 27.9 Å². The van der Waals surface area contributed by atoms with E-state index in [-0.39, 0.29) is 0 Å². The second-order valence-electron chi connectivity index (χ2n) is 7.24. The van der Waals surface area contributed by atoms with Crippen LogP contribution in [0, 0.1) is 17.5 Å². The summed E-state index contributed by atoms with van der Waals surface area (Å²) in [6, 6.07) is 10.7. The van der Waals surface area contributed by atoms with E-state index in [9.17, 15) is 18.0 Å². The van der Waals surface area contributed by atoms with Gasteiger partial charge in [0.05, 0.1) is 5.56 Å². The van der Waals surface area contributed by atoms with E-state index in [1.807, 2.05) is 0 Å². The van der Waals surface area contributed by atoms with Crippen molar-refractivity contribution in [3.63, 3.8) is 0 Å². The van der Waals surface area contributed by atoms with E-state index in [1.54, 1.807) is 0 Å². The van der Waals surface area contributed by atoms with Crippen LogP contribution >= 0.6 is 0 Å². The van der Waals surface area contributed by atoms with Crippen LogP contribution < -0.4 is 0 Å². The first-order valence-electron chi connectivity index (χ1n) is 9.28. The van der Waals surface area contributed by atoms with Crippen LogP contribution in [0.15, 0.2) is 36.4 Å². The van der Waals surface area contributed by atoms with Gasteiger partial charge in [-0.2, -0.15) is 0 Å². The maximum Gasteiger partial charge on any atom is 0.256 e. The van der Waals surface area contributed by atoms with Gasteiger partial charge in [-0.25, -0.2) is 13.2 Å². The highest BCUT2D eigenvalue weighted by molar-refractivity contribution is 5.94. The minimum atomic E-state index is -1.60. The molecule has 1 saturated heterocycles. The van der Waals surface area contributed by atoms with Gasteiger partial charge in [0.15, 0.2) is 17.5 Å². The van der Waals surface area contributed by atoms with Crippen LogP contribution in [0.4, 0.5) is 13.2 Å². The lowest BCUT2D eigenvalue weighted by molar-refractivity contribution is 0.0752. The van der Waals surface area contributed by atoms with E-state index in [1.165, 1.54) is 16.0 Å². The Morgan fingerprint density at radius 3 is 2.26 bits per heavy atom. The fourth-order valence-corrected chi connectivity index (χ4v) is 4.16. The predicted octanol–water partition coefficient (Wildman–Crippen LogP) is 3.42. The second-order valence-corrected chi connectivity index (χ2v) is 7.24. The molecule has 0 aromatic heterocycles. The third-order valence-corrected chi connectivity index (χ3v) is 5.63. The van der Waals surface area contributed by atoms with Crippen molar-refractivity contribution < 1.29 is 18.0 Å². The molecule has 2 aromatic rings. The smallest absolute Gasteiger partial charge is 0.256 e. The number of carbonyl (C=O) groups is 1. The van der Waals surface area contributed by atoms with E-state index < -0.39 is 28.9 Å². The molecule has 4 rings (SSSR count). The van der Waals surface area contributed by atoms with Gasteiger partial charge in [-0.15, -0.1) is 0 Å². The number of rotatable bonds is 2. The molecule has 1 amide bonds. The van der Waals surface area contributed by atoms with E-state index in [4.69, 9.17) is 0 Å². The fraction of sp³-hybridized carbons (Fsp3) is 0.381. The van der Waals surface area contributed by atoms with E-state index in [0.29, 0.717) is 25.7 Å². The Kier molecular flexibility index (Phi) is 4.91. The van der Waals surface area contributed by atoms with Crippen LogP contribution in [0.25, 0.3) is 0 Å². The van der Waals surface area contributed by atoms with Crippen molar-refractivity contribution in [1.82, 2.24) is 9.80 Å². The minimum absolute atomic E-state index is 0.407. The third kappa shape index (κ3) is 3.46. The highest BCUT2D eigenvalue weighted by Crippen LogP contribution is 2.26. The van der Waals surface area contributed by atoms with Gasteiger partial charge < -0.3 is 4.90 Å². The fourth-order valence-electron chi connectivity index (χ4n) is 4.16. The van der Waals surface area contributed by atoms with Crippen molar-refractivity contribution in [2.24, 2.45) is 0 Å². The monoisotopic (exact) mass is 374 g/mol. The molecular formula is C21H21F3N2O. The normalized spacial score (nSPS) is 18.4. The summed E-state index contributed by atoms with van der Waals surface area (Å²) < 4.78 is 40.6. The molecule has 1 aliphatic heterocycles. The molecular weight excluding hydrogens is 353 g/mol. The maximum absolute atomic E-state index is 14.0. The number of benzene rings is 2. The van der Waals surface area contributed by atoms with Gasteiger partial charge in [0.25, 0.3) is 5.91 Å². The van der Waals surface area contributed by atoms with Crippen molar-refractivity contribution >= 4 is 5.91 Å². The zero-order valence-electron chi connectivity index (χ0n) is 14.9. The number of fused-ring (bicyclic) bond motifs is 1. The van der Waals surface area contributed by atoms with Crippen LogP contribution in [0.5, 0.6) is 0 Å². The zero-order chi connectivity index (χ0) is 19.0. The lowest BCUT2D eigenvalue weighted by Gasteiger charge is -2.27. The topological polar surface area (TPSA) is 23.6 Å². The van der Waals surface area contributed by atoms with Crippen LogP contribution in [0.3, 0.4) is 0 Å². The molecule has 0 saturated carbocycles. The first-order valence-corrected chi connectivity index (χ1v) is 9.28. The van der Waals surface area contributed by atoms with Crippen molar-refractivity contribution in [3.05, 3.63) is 70.5 Å². The Bertz CT molecular complexity index is 846. The van der Waals surface area contributed by atoms with Gasteiger partial charge in [-0.1, -0.05) is 24.3 Å². The zero-order valence-corrected chi connectivity index (χ0v) is 14.9. The molecule has 0 unspecified atom stereocenters. The Morgan fingerprint density at radius 1 is 0.852 bits per heavy atom. The molecule has 6 heteroatoms. The van der Waals surface area contributed by atoms with Gasteiger partial charge >= 0.3 is 0 Å². The number of hydrogen-bond donors (Lipinski definition) is 0. The molecule has 0 spiro atoms. The van der Waals surface area contributed by atoms with Crippen LogP contribution in [-0.4, -0.2) is 47.9 Å². The molecule has 2 aromatic carbocycles. The average Bonchev–Trinajstić information content (AvgIpc) is 2.95. The number of amides is 1. The summed E-state index contributed by atoms with van der Waals surface area (Å²) in [6.45, 7) is 2.48. The molecule has 0 bridgehead atoms. The van der Waals surface area contributed by atoms with Gasteiger partial charge in [0.1, 0.15) is 0 Å². The van der Waals surface area contributed by atoms with Crippen LogP contribution in [0.2, 0.25) is 0 Å². The maximum atomic E-state index is 14.0. The molecule has 0 radical (unpaired) electrons. The Morgan fingerprint density at radius 2 is 1.56 bits per heavy atom. The average molecular weight is 374 g/mol. The van der Waals surface area contributed by atoms with Crippen molar-refractivity contribution in [2.75, 3.05) is 26.2 Å². The molecule has 0 atom stereocenters. The molecule has 1 aliphatic carbocycles. The largest absolute Gasteiger partial charge is 0.337 e. The Labute approximate surface area is 156 Å². The summed E-state index contributed by atoms with van der Waals surface area (Å²) in [5.74, 6) is -4.87. The number of carbonyl (C=O) groups excluding carboxylic acids is 1. The number of hydrogen-bond acceptors (Lipinski definition) is 2. The molecule has 1 heterocycles. The SMILES string of the molecule is O=C(c1ccc(F)c(F)c1F)N1CCCN(C2Cc3ccccc3C2)CC1. The first-order chi connectivity index (χ1) is 13.0. The third-order valence-electron chi connectivity index (χ3n) is 5.63. The predicted molar refractivity (Wildman–Crippen MR) is 96.0 cm³/mol. The van der Waals surface area contributed by atoms with E-state index in [2.05, 4.69) is 29.2 Å². The number of halogens is 3. The summed E-state index contributed by atoms with van der Waals surface area (Å²) in [5, 5.41) is 0. The van der Waals surface area contributed by atoms with Gasteiger partial charge in [0, 0.05) is 32.2 Å². The summed E-state index contributed by atoms with van der Waals surface area (Å²) in [5.41, 5.74) is 2.35. The molecule has 2 aliphatic rings.